The van der Waals surface area contributed by atoms with Gasteiger partial charge in [-0.2, -0.15) is 0 Å². The molecule has 1 heterocycles. The number of anilines is 1. The molecular formula is C9H13N3O2. The molecule has 14 heavy (non-hydrogen) atoms. The number of hydrogen-bond acceptors (Lipinski definition) is 5. The maximum absolute atomic E-state index is 10.1. The standard InChI is InChI=1S/C9H13N3O2/c1-11-9-8(14-5-4-13)3-2-7(6-10)12-9/h2-4H,5-6,10H2,1H3,(H,11,12). The number of nitrogens with two attached hydrogens (primary N) is 1. The molecule has 1 aromatic rings. The highest BCUT2D eigenvalue weighted by atomic mass is 16.5. The third kappa shape index (κ3) is 2.43. The number of hydrogen-bond donors (Lipinski definition) is 2. The Kier molecular flexibility index (Phi) is 3.87. The van der Waals surface area contributed by atoms with Crippen molar-refractivity contribution in [2.75, 3.05) is 19.0 Å². The second-order valence-corrected chi connectivity index (χ2v) is 2.58. The van der Waals surface area contributed by atoms with Gasteiger partial charge in [0.25, 0.3) is 0 Å². The molecule has 76 valence electrons. The van der Waals surface area contributed by atoms with Crippen LogP contribution in [0.5, 0.6) is 5.75 Å². The molecule has 0 saturated carbocycles. The van der Waals surface area contributed by atoms with E-state index >= 15 is 0 Å². The van der Waals surface area contributed by atoms with Gasteiger partial charge >= 0.3 is 0 Å². The molecule has 0 spiro atoms. The van der Waals surface area contributed by atoms with E-state index in [1.54, 1.807) is 19.2 Å². The minimum Gasteiger partial charge on any atom is -0.482 e. The van der Waals surface area contributed by atoms with Crippen molar-refractivity contribution < 1.29 is 9.53 Å². The molecule has 1 rings (SSSR count). The number of carbonyl (C=O) groups excluding carboxylic acids is 1. The number of nitrogens with zero attached hydrogens (tertiary/aromatic N) is 1. The Labute approximate surface area is 82.3 Å². The second-order valence-electron chi connectivity index (χ2n) is 2.58. The zero-order valence-corrected chi connectivity index (χ0v) is 7.99. The predicted molar refractivity (Wildman–Crippen MR) is 53.2 cm³/mol. The number of rotatable bonds is 5. The highest BCUT2D eigenvalue weighted by molar-refractivity contribution is 5.54. The van der Waals surface area contributed by atoms with Gasteiger partial charge in [0, 0.05) is 13.6 Å². The van der Waals surface area contributed by atoms with E-state index in [4.69, 9.17) is 10.5 Å². The Morgan fingerprint density at radius 1 is 1.64 bits per heavy atom. The van der Waals surface area contributed by atoms with Crippen LogP contribution in [0.1, 0.15) is 5.69 Å². The molecule has 0 aliphatic rings. The Hall–Kier alpha value is -1.62. The molecular weight excluding hydrogens is 182 g/mol. The van der Waals surface area contributed by atoms with Crippen LogP contribution in [0.4, 0.5) is 5.82 Å². The third-order valence-corrected chi connectivity index (χ3v) is 1.67. The lowest BCUT2D eigenvalue weighted by Gasteiger charge is -2.09. The SMILES string of the molecule is CNc1nc(CN)ccc1OCC=O. The van der Waals surface area contributed by atoms with Crippen LogP contribution in [-0.4, -0.2) is 24.9 Å². The van der Waals surface area contributed by atoms with Crippen molar-refractivity contribution >= 4 is 12.1 Å². The monoisotopic (exact) mass is 195 g/mol. The smallest absolute Gasteiger partial charge is 0.168 e. The highest BCUT2D eigenvalue weighted by Gasteiger charge is 2.04. The van der Waals surface area contributed by atoms with Gasteiger partial charge in [0.15, 0.2) is 17.9 Å². The molecule has 0 aliphatic carbocycles. The summed E-state index contributed by atoms with van der Waals surface area (Å²) in [5.74, 6) is 1.14. The van der Waals surface area contributed by atoms with E-state index in [0.29, 0.717) is 24.4 Å². The lowest BCUT2D eigenvalue weighted by molar-refractivity contribution is -0.109. The van der Waals surface area contributed by atoms with Crippen LogP contribution in [0.2, 0.25) is 0 Å². The fraction of sp³-hybridized carbons (Fsp3) is 0.333. The van der Waals surface area contributed by atoms with Gasteiger partial charge in [-0.3, -0.25) is 4.79 Å². The van der Waals surface area contributed by atoms with E-state index in [0.717, 1.165) is 5.69 Å². The van der Waals surface area contributed by atoms with E-state index in [9.17, 15) is 4.79 Å². The summed E-state index contributed by atoms with van der Waals surface area (Å²) in [6.45, 7) is 0.404. The first-order chi connectivity index (χ1) is 6.81. The van der Waals surface area contributed by atoms with Gasteiger partial charge in [0.2, 0.25) is 0 Å². The normalized spacial score (nSPS) is 9.57. The lowest BCUT2D eigenvalue weighted by Crippen LogP contribution is -2.06. The van der Waals surface area contributed by atoms with Crippen molar-refractivity contribution in [3.63, 3.8) is 0 Å². The van der Waals surface area contributed by atoms with Crippen LogP contribution in [0.25, 0.3) is 0 Å². The summed E-state index contributed by atoms with van der Waals surface area (Å²) < 4.78 is 5.14. The van der Waals surface area contributed by atoms with Crippen LogP contribution < -0.4 is 15.8 Å². The van der Waals surface area contributed by atoms with Crippen LogP contribution in [0, 0.1) is 0 Å². The van der Waals surface area contributed by atoms with Crippen molar-refractivity contribution in [1.82, 2.24) is 4.98 Å². The number of aldehydes is 1. The molecule has 0 atom stereocenters. The Balaban J connectivity index is 2.87. The first-order valence-corrected chi connectivity index (χ1v) is 4.26. The highest BCUT2D eigenvalue weighted by Crippen LogP contribution is 2.21. The van der Waals surface area contributed by atoms with E-state index in [-0.39, 0.29) is 6.61 Å². The fourth-order valence-corrected chi connectivity index (χ4v) is 1.02. The summed E-state index contributed by atoms with van der Waals surface area (Å²) in [5.41, 5.74) is 6.21. The molecule has 0 amide bonds. The molecule has 3 N–H and O–H groups in total. The molecule has 0 radical (unpaired) electrons. The summed E-state index contributed by atoms with van der Waals surface area (Å²) in [5, 5.41) is 2.87. The van der Waals surface area contributed by atoms with Crippen molar-refractivity contribution in [3.8, 4) is 5.75 Å². The van der Waals surface area contributed by atoms with Gasteiger partial charge in [-0.15, -0.1) is 0 Å². The minimum absolute atomic E-state index is 0.0261. The number of nitrogens with one attached hydrogen (secondary N) is 1. The van der Waals surface area contributed by atoms with E-state index in [1.807, 2.05) is 0 Å². The lowest BCUT2D eigenvalue weighted by atomic mass is 10.3. The van der Waals surface area contributed by atoms with Crippen molar-refractivity contribution in [2.24, 2.45) is 5.73 Å². The Morgan fingerprint density at radius 3 is 3.00 bits per heavy atom. The zero-order valence-electron chi connectivity index (χ0n) is 7.99. The van der Waals surface area contributed by atoms with Crippen LogP contribution in [0.15, 0.2) is 12.1 Å². The molecule has 1 aromatic heterocycles. The maximum atomic E-state index is 10.1. The van der Waals surface area contributed by atoms with Gasteiger partial charge in [0.05, 0.1) is 5.69 Å². The van der Waals surface area contributed by atoms with E-state index in [2.05, 4.69) is 10.3 Å². The number of aromatic nitrogens is 1. The Bertz CT molecular complexity index is 315. The fourth-order valence-electron chi connectivity index (χ4n) is 1.02. The second kappa shape index (κ2) is 5.18. The molecule has 5 heteroatoms. The molecule has 0 saturated heterocycles. The molecule has 5 nitrogen and oxygen atoms in total. The quantitative estimate of drug-likeness (QED) is 0.654. The van der Waals surface area contributed by atoms with Gasteiger partial charge < -0.3 is 15.8 Å². The van der Waals surface area contributed by atoms with Crippen LogP contribution in [0.3, 0.4) is 0 Å². The molecule has 0 fully saturated rings. The summed E-state index contributed by atoms with van der Waals surface area (Å²) in [4.78, 5) is 14.3. The number of ether oxygens (including phenoxy) is 1. The van der Waals surface area contributed by atoms with E-state index in [1.165, 1.54) is 0 Å². The van der Waals surface area contributed by atoms with Crippen molar-refractivity contribution in [1.29, 1.82) is 0 Å². The number of carbonyl (C=O) groups is 1. The summed E-state index contributed by atoms with van der Waals surface area (Å²) in [6, 6.07) is 3.51. The average Bonchev–Trinajstić information content (AvgIpc) is 2.26. The van der Waals surface area contributed by atoms with Crippen LogP contribution >= 0.6 is 0 Å². The van der Waals surface area contributed by atoms with Gasteiger partial charge in [-0.25, -0.2) is 4.98 Å². The summed E-state index contributed by atoms with van der Waals surface area (Å²) >= 11 is 0. The van der Waals surface area contributed by atoms with Crippen molar-refractivity contribution in [2.45, 2.75) is 6.54 Å². The molecule has 0 bridgehead atoms. The minimum atomic E-state index is 0.0261. The van der Waals surface area contributed by atoms with E-state index < -0.39 is 0 Å². The molecule has 0 unspecified atom stereocenters. The molecule has 0 aromatic carbocycles. The largest absolute Gasteiger partial charge is 0.482 e. The predicted octanol–water partition coefficient (Wildman–Crippen LogP) is 0.160. The first kappa shape index (κ1) is 10.5. The van der Waals surface area contributed by atoms with Crippen molar-refractivity contribution in [3.05, 3.63) is 17.8 Å². The maximum Gasteiger partial charge on any atom is 0.168 e. The first-order valence-electron chi connectivity index (χ1n) is 4.26. The Morgan fingerprint density at radius 2 is 2.43 bits per heavy atom. The third-order valence-electron chi connectivity index (χ3n) is 1.67. The zero-order chi connectivity index (χ0) is 10.4. The topological polar surface area (TPSA) is 77.2 Å². The van der Waals surface area contributed by atoms with Gasteiger partial charge in [0.1, 0.15) is 6.61 Å². The summed E-state index contributed by atoms with van der Waals surface area (Å²) in [6.07, 6.45) is 0.691. The van der Waals surface area contributed by atoms with Gasteiger partial charge in [-0.05, 0) is 12.1 Å². The number of pyridine rings is 1. The van der Waals surface area contributed by atoms with Crippen LogP contribution in [-0.2, 0) is 11.3 Å². The van der Waals surface area contributed by atoms with Gasteiger partial charge in [-0.1, -0.05) is 0 Å². The summed E-state index contributed by atoms with van der Waals surface area (Å²) in [7, 11) is 1.73. The average molecular weight is 195 g/mol. The molecule has 0 aliphatic heterocycles.